The first-order chi connectivity index (χ1) is 29.0. The Hall–Kier alpha value is -6.59. The first-order valence-electron chi connectivity index (χ1n) is 20.3. The molecule has 7 aromatic carbocycles. The fraction of sp³-hybridized carbons (Fsp3) is 0.111. The van der Waals surface area contributed by atoms with Crippen LogP contribution in [0.15, 0.2) is 174 Å². The van der Waals surface area contributed by atoms with E-state index in [0.717, 1.165) is 72.3 Å². The molecular formula is C54H42IrN4O-2. The minimum atomic E-state index is 0. The zero-order valence-corrected chi connectivity index (χ0v) is 36.2. The second-order valence-corrected chi connectivity index (χ2v) is 15.6. The average molecular weight is 955 g/mol. The molecule has 0 saturated carbocycles. The maximum Gasteiger partial charge on any atom is 0.123 e. The van der Waals surface area contributed by atoms with E-state index in [4.69, 9.17) is 9.40 Å². The predicted octanol–water partition coefficient (Wildman–Crippen LogP) is 14.3. The summed E-state index contributed by atoms with van der Waals surface area (Å²) in [4.78, 5) is 9.59. The molecule has 0 fully saturated rings. The van der Waals surface area contributed by atoms with Gasteiger partial charge in [0.2, 0.25) is 0 Å². The number of rotatable bonds is 6. The van der Waals surface area contributed by atoms with E-state index in [1.807, 2.05) is 48.5 Å². The summed E-state index contributed by atoms with van der Waals surface area (Å²) < 4.78 is 11.5. The minimum absolute atomic E-state index is 0. The number of furan rings is 1. The van der Waals surface area contributed by atoms with Crippen molar-refractivity contribution in [2.45, 2.75) is 39.5 Å². The van der Waals surface area contributed by atoms with Crippen molar-refractivity contribution >= 4 is 54.8 Å². The van der Waals surface area contributed by atoms with E-state index in [0.29, 0.717) is 11.8 Å². The van der Waals surface area contributed by atoms with E-state index < -0.39 is 0 Å². The van der Waals surface area contributed by atoms with Crippen LogP contribution >= 0.6 is 0 Å². The Balaban J connectivity index is 0.000000306. The molecule has 0 amide bonds. The summed E-state index contributed by atoms with van der Waals surface area (Å²) in [6.45, 7) is 9.10. The topological polar surface area (TPSA) is 48.8 Å². The van der Waals surface area contributed by atoms with Crippen molar-refractivity contribution in [1.29, 1.82) is 0 Å². The first-order valence-corrected chi connectivity index (χ1v) is 20.3. The smallest absolute Gasteiger partial charge is 0.123 e. The number of hydrogen-bond acceptors (Lipinski definition) is 3. The molecule has 11 aromatic rings. The Morgan fingerprint density at radius 1 is 0.567 bits per heavy atom. The van der Waals surface area contributed by atoms with Crippen LogP contribution in [0, 0.1) is 12.1 Å². The molecule has 0 saturated heterocycles. The fourth-order valence-electron chi connectivity index (χ4n) is 8.54. The number of aromatic nitrogens is 4. The van der Waals surface area contributed by atoms with Gasteiger partial charge >= 0.3 is 0 Å². The quantitative estimate of drug-likeness (QED) is 0.156. The number of imidazole rings is 1. The molecule has 0 unspecified atom stereocenters. The van der Waals surface area contributed by atoms with Crippen LogP contribution in [-0.2, 0) is 20.1 Å². The third kappa shape index (κ3) is 6.63. The standard InChI is InChI=1S/C43H34N3O.C11H8N.Ir/c1-26(2)28-17-13-18-29(27(3)4)41(28)46-37-22-11-8-19-34(37)44-43(46)33-24-25-38(42-40(33)32-16-7-12-23-39(32)47-42)45-35-20-9-5-14-30(35)31-15-6-10-21-36(31)45;1-2-6-10(7-3-1)11-8-4-5-9-12-11;/h5-23,25-27H,1-4H3;1-6,8-9H;/q2*-1;. The van der Waals surface area contributed by atoms with Gasteiger partial charge in [0.05, 0.1) is 22.4 Å². The van der Waals surface area contributed by atoms with Gasteiger partial charge in [0, 0.05) is 59.5 Å². The largest absolute Gasteiger partial charge is 0.474 e. The first kappa shape index (κ1) is 38.9. The van der Waals surface area contributed by atoms with Crippen LogP contribution in [0.1, 0.15) is 50.7 Å². The molecule has 4 heterocycles. The van der Waals surface area contributed by atoms with Crippen LogP contribution in [0.2, 0.25) is 0 Å². The van der Waals surface area contributed by atoms with Gasteiger partial charge < -0.3 is 18.5 Å². The summed E-state index contributed by atoms with van der Waals surface area (Å²) in [5.41, 5.74) is 13.7. The van der Waals surface area contributed by atoms with Crippen molar-refractivity contribution in [3.05, 3.63) is 193 Å². The van der Waals surface area contributed by atoms with Crippen molar-refractivity contribution < 1.29 is 24.5 Å². The number of para-hydroxylation sites is 6. The number of hydrogen-bond donors (Lipinski definition) is 0. The molecule has 0 aliphatic heterocycles. The molecule has 0 atom stereocenters. The molecule has 0 spiro atoms. The van der Waals surface area contributed by atoms with Crippen LogP contribution in [0.4, 0.5) is 0 Å². The molecule has 0 N–H and O–H groups in total. The van der Waals surface area contributed by atoms with Gasteiger partial charge in [-0.25, -0.2) is 0 Å². The van der Waals surface area contributed by atoms with Gasteiger partial charge in [0.25, 0.3) is 0 Å². The molecule has 6 heteroatoms. The zero-order valence-electron chi connectivity index (χ0n) is 33.9. The van der Waals surface area contributed by atoms with Crippen LogP contribution in [0.25, 0.3) is 88.8 Å². The molecule has 0 bridgehead atoms. The van der Waals surface area contributed by atoms with Crippen molar-refractivity contribution in [2.24, 2.45) is 0 Å². The minimum Gasteiger partial charge on any atom is -0.474 e. The van der Waals surface area contributed by atoms with E-state index in [1.54, 1.807) is 6.20 Å². The van der Waals surface area contributed by atoms with Crippen molar-refractivity contribution in [2.75, 3.05) is 0 Å². The molecule has 11 rings (SSSR count). The number of benzene rings is 7. The van der Waals surface area contributed by atoms with Crippen LogP contribution in [0.5, 0.6) is 0 Å². The average Bonchev–Trinajstić information content (AvgIpc) is 3.97. The van der Waals surface area contributed by atoms with Gasteiger partial charge in [0.1, 0.15) is 5.58 Å². The van der Waals surface area contributed by atoms with Gasteiger partial charge in [-0.2, -0.15) is 0 Å². The van der Waals surface area contributed by atoms with Crippen molar-refractivity contribution in [1.82, 2.24) is 19.1 Å². The monoisotopic (exact) mass is 955 g/mol. The summed E-state index contributed by atoms with van der Waals surface area (Å²) in [5.74, 6) is 1.52. The molecule has 4 aromatic heterocycles. The molecule has 0 aliphatic carbocycles. The molecule has 5 nitrogen and oxygen atoms in total. The number of fused-ring (bicyclic) bond motifs is 7. The van der Waals surface area contributed by atoms with Crippen LogP contribution in [-0.4, -0.2) is 19.1 Å². The Morgan fingerprint density at radius 3 is 1.83 bits per heavy atom. The molecule has 1 radical (unpaired) electrons. The van der Waals surface area contributed by atoms with Crippen LogP contribution < -0.4 is 0 Å². The van der Waals surface area contributed by atoms with E-state index in [-0.39, 0.29) is 20.1 Å². The zero-order chi connectivity index (χ0) is 40.0. The van der Waals surface area contributed by atoms with E-state index in [9.17, 15) is 0 Å². The normalized spacial score (nSPS) is 11.5. The summed E-state index contributed by atoms with van der Waals surface area (Å²) in [5, 5.41) is 4.50. The van der Waals surface area contributed by atoms with Gasteiger partial charge in [-0.1, -0.05) is 136 Å². The SMILES string of the molecule is CC(C)c1cccc(C(C)C)c1-n1c(-c2[c-]cc(-n3c4ccccc4c4ccccc43)c3oc4ccccc4c23)nc2ccccc21.[Ir].[c-]1ccccc1-c1ccccn1. The van der Waals surface area contributed by atoms with E-state index in [2.05, 4.69) is 169 Å². The van der Waals surface area contributed by atoms with Crippen LogP contribution in [0.3, 0.4) is 0 Å². The van der Waals surface area contributed by atoms with E-state index in [1.165, 1.54) is 27.6 Å². The van der Waals surface area contributed by atoms with Gasteiger partial charge in [-0.15, -0.1) is 48.0 Å². The predicted molar refractivity (Wildman–Crippen MR) is 244 cm³/mol. The number of pyridine rings is 1. The molecule has 295 valence electrons. The summed E-state index contributed by atoms with van der Waals surface area (Å²) >= 11 is 0. The fourth-order valence-corrected chi connectivity index (χ4v) is 8.54. The van der Waals surface area contributed by atoms with Crippen molar-refractivity contribution in [3.63, 3.8) is 0 Å². The summed E-state index contributed by atoms with van der Waals surface area (Å²) in [7, 11) is 0. The Kier molecular flexibility index (Phi) is 10.5. The third-order valence-corrected chi connectivity index (χ3v) is 11.3. The Labute approximate surface area is 363 Å². The maximum absolute atomic E-state index is 6.83. The van der Waals surface area contributed by atoms with Gasteiger partial charge in [-0.3, -0.25) is 4.98 Å². The van der Waals surface area contributed by atoms with Gasteiger partial charge in [-0.05, 0) is 70.4 Å². The molecule has 0 aliphatic rings. The Morgan fingerprint density at radius 2 is 1.18 bits per heavy atom. The maximum atomic E-state index is 6.83. The summed E-state index contributed by atoms with van der Waals surface area (Å²) in [6.07, 6.45) is 1.79. The molecular weight excluding hydrogens is 913 g/mol. The summed E-state index contributed by atoms with van der Waals surface area (Å²) in [6, 6.07) is 63.4. The second kappa shape index (κ2) is 16.2. The van der Waals surface area contributed by atoms with E-state index >= 15 is 0 Å². The van der Waals surface area contributed by atoms with Crippen molar-refractivity contribution in [3.8, 4) is 34.0 Å². The molecule has 60 heavy (non-hydrogen) atoms. The second-order valence-electron chi connectivity index (χ2n) is 15.6. The third-order valence-electron chi connectivity index (χ3n) is 11.3. The number of nitrogens with zero attached hydrogens (tertiary/aromatic N) is 4. The van der Waals surface area contributed by atoms with Gasteiger partial charge in [0.15, 0.2) is 0 Å². The Bertz CT molecular complexity index is 3170.